The van der Waals surface area contributed by atoms with Crippen molar-refractivity contribution in [2.45, 2.75) is 32.9 Å². The van der Waals surface area contributed by atoms with E-state index in [-0.39, 0.29) is 24.7 Å². The Morgan fingerprint density at radius 3 is 2.65 bits per heavy atom. The van der Waals surface area contributed by atoms with E-state index in [2.05, 4.69) is 0 Å². The zero-order valence-electron chi connectivity index (χ0n) is 10.5. The van der Waals surface area contributed by atoms with E-state index in [0.717, 1.165) is 0 Å². The van der Waals surface area contributed by atoms with E-state index in [1.807, 2.05) is 13.8 Å². The summed E-state index contributed by atoms with van der Waals surface area (Å²) in [5.74, 6) is -0.992. The normalized spacial score (nSPS) is 24.5. The van der Waals surface area contributed by atoms with Crippen molar-refractivity contribution in [3.05, 3.63) is 0 Å². The van der Waals surface area contributed by atoms with E-state index in [1.165, 1.54) is 4.90 Å². The maximum atomic E-state index is 12.2. The third-order valence-electron chi connectivity index (χ3n) is 2.83. The number of hydrogen-bond donors (Lipinski definition) is 1. The lowest BCUT2D eigenvalue weighted by Gasteiger charge is -2.39. The molecular weight excluding hydrogens is 224 g/mol. The first-order valence-electron chi connectivity index (χ1n) is 5.84. The second-order valence-corrected chi connectivity index (χ2v) is 4.34. The number of likely N-dealkylation sites (N-methyl/N-ethyl adjacent to an activating group) is 1. The molecule has 0 radical (unpaired) electrons. The third kappa shape index (κ3) is 3.59. The lowest BCUT2D eigenvalue weighted by molar-refractivity contribution is -0.137. The average molecular weight is 244 g/mol. The number of carboxylic acid groups (broad SMARTS) is 1. The van der Waals surface area contributed by atoms with Gasteiger partial charge in [-0.05, 0) is 20.8 Å². The lowest BCUT2D eigenvalue weighted by atomic mass is 10.2. The number of ether oxygens (including phenoxy) is 1. The van der Waals surface area contributed by atoms with Crippen LogP contribution in [0.3, 0.4) is 0 Å². The van der Waals surface area contributed by atoms with Crippen molar-refractivity contribution >= 4 is 12.0 Å². The quantitative estimate of drug-likeness (QED) is 0.790. The number of nitrogens with zero attached hydrogens (tertiary/aromatic N) is 2. The van der Waals surface area contributed by atoms with Crippen LogP contribution in [0.25, 0.3) is 0 Å². The smallest absolute Gasteiger partial charge is 0.323 e. The van der Waals surface area contributed by atoms with Crippen LogP contribution in [0.2, 0.25) is 0 Å². The minimum atomic E-state index is -0.992. The molecule has 6 nitrogen and oxygen atoms in total. The van der Waals surface area contributed by atoms with Gasteiger partial charge in [0.15, 0.2) is 0 Å². The van der Waals surface area contributed by atoms with Gasteiger partial charge in [0, 0.05) is 13.1 Å². The Morgan fingerprint density at radius 2 is 2.12 bits per heavy atom. The first-order valence-corrected chi connectivity index (χ1v) is 5.84. The minimum absolute atomic E-state index is 0.00122. The minimum Gasteiger partial charge on any atom is -0.480 e. The molecule has 0 aromatic carbocycles. The van der Waals surface area contributed by atoms with Crippen LogP contribution in [0.4, 0.5) is 4.79 Å². The van der Waals surface area contributed by atoms with Gasteiger partial charge in [0.25, 0.3) is 0 Å². The number of amides is 2. The summed E-state index contributed by atoms with van der Waals surface area (Å²) in [6.45, 7) is 6.72. The summed E-state index contributed by atoms with van der Waals surface area (Å²) < 4.78 is 5.44. The molecule has 2 amide bonds. The molecule has 0 aliphatic carbocycles. The molecule has 0 spiro atoms. The molecule has 0 saturated carbocycles. The lowest BCUT2D eigenvalue weighted by Crippen LogP contribution is -2.55. The van der Waals surface area contributed by atoms with E-state index in [9.17, 15) is 9.59 Å². The Kier molecular flexibility index (Phi) is 4.74. The summed E-state index contributed by atoms with van der Waals surface area (Å²) in [6.07, 6.45) is -0.00122. The van der Waals surface area contributed by atoms with Crippen molar-refractivity contribution in [3.8, 4) is 0 Å². The molecule has 2 unspecified atom stereocenters. The summed E-state index contributed by atoms with van der Waals surface area (Å²) in [5, 5.41) is 8.74. The van der Waals surface area contributed by atoms with Gasteiger partial charge in [-0.1, -0.05) is 0 Å². The van der Waals surface area contributed by atoms with Crippen LogP contribution in [0.1, 0.15) is 20.8 Å². The van der Waals surface area contributed by atoms with Gasteiger partial charge < -0.3 is 19.6 Å². The van der Waals surface area contributed by atoms with Crippen LogP contribution in [0.5, 0.6) is 0 Å². The summed E-state index contributed by atoms with van der Waals surface area (Å²) >= 11 is 0. The summed E-state index contributed by atoms with van der Waals surface area (Å²) in [6, 6.07) is -0.237. The SMILES string of the molecule is CCN(CC(=O)O)C(=O)N1CC(C)OCC1C. The van der Waals surface area contributed by atoms with E-state index in [0.29, 0.717) is 19.7 Å². The van der Waals surface area contributed by atoms with Crippen LogP contribution in [-0.2, 0) is 9.53 Å². The fourth-order valence-corrected chi connectivity index (χ4v) is 1.83. The maximum absolute atomic E-state index is 12.2. The summed E-state index contributed by atoms with van der Waals surface area (Å²) in [5.41, 5.74) is 0. The Balaban J connectivity index is 2.68. The Morgan fingerprint density at radius 1 is 1.47 bits per heavy atom. The first-order chi connectivity index (χ1) is 7.95. The molecule has 98 valence electrons. The van der Waals surface area contributed by atoms with Crippen molar-refractivity contribution in [1.29, 1.82) is 0 Å². The molecular formula is C11H20N2O4. The fourth-order valence-electron chi connectivity index (χ4n) is 1.83. The van der Waals surface area contributed by atoms with E-state index < -0.39 is 5.97 Å². The molecule has 1 heterocycles. The van der Waals surface area contributed by atoms with Gasteiger partial charge in [-0.2, -0.15) is 0 Å². The molecule has 1 rings (SSSR count). The molecule has 1 fully saturated rings. The predicted octanol–water partition coefficient (Wildman–Crippen LogP) is 0.622. The van der Waals surface area contributed by atoms with E-state index >= 15 is 0 Å². The number of carbonyl (C=O) groups is 2. The number of rotatable bonds is 3. The Labute approximate surface area is 101 Å². The van der Waals surface area contributed by atoms with Crippen molar-refractivity contribution in [1.82, 2.24) is 9.80 Å². The Hall–Kier alpha value is -1.30. The number of aliphatic carboxylic acids is 1. The highest BCUT2D eigenvalue weighted by Crippen LogP contribution is 2.13. The highest BCUT2D eigenvalue weighted by molar-refractivity contribution is 5.80. The summed E-state index contributed by atoms with van der Waals surface area (Å²) in [4.78, 5) is 25.8. The molecule has 0 aromatic heterocycles. The molecule has 1 aliphatic rings. The van der Waals surface area contributed by atoms with E-state index in [4.69, 9.17) is 9.84 Å². The van der Waals surface area contributed by atoms with Gasteiger partial charge in [-0.3, -0.25) is 4.79 Å². The molecule has 0 bridgehead atoms. The highest BCUT2D eigenvalue weighted by atomic mass is 16.5. The zero-order chi connectivity index (χ0) is 13.0. The predicted molar refractivity (Wildman–Crippen MR) is 61.9 cm³/mol. The van der Waals surface area contributed by atoms with Crippen LogP contribution in [0.15, 0.2) is 0 Å². The van der Waals surface area contributed by atoms with Crippen LogP contribution >= 0.6 is 0 Å². The van der Waals surface area contributed by atoms with Gasteiger partial charge in [0.1, 0.15) is 6.54 Å². The van der Waals surface area contributed by atoms with Crippen LogP contribution in [-0.4, -0.2) is 65.3 Å². The second kappa shape index (κ2) is 5.86. The van der Waals surface area contributed by atoms with Crippen molar-refractivity contribution in [2.75, 3.05) is 26.2 Å². The molecule has 1 N–H and O–H groups in total. The molecule has 1 aliphatic heterocycles. The van der Waals surface area contributed by atoms with Gasteiger partial charge in [0.2, 0.25) is 0 Å². The molecule has 6 heteroatoms. The fraction of sp³-hybridized carbons (Fsp3) is 0.818. The van der Waals surface area contributed by atoms with Crippen LogP contribution in [0, 0.1) is 0 Å². The number of hydrogen-bond acceptors (Lipinski definition) is 3. The standard InChI is InChI=1S/C11H20N2O4/c1-4-12(6-10(14)15)11(16)13-5-9(3)17-7-8(13)2/h8-9H,4-7H2,1-3H3,(H,14,15). The largest absolute Gasteiger partial charge is 0.480 e. The van der Waals surface area contributed by atoms with Crippen LogP contribution < -0.4 is 0 Å². The number of carbonyl (C=O) groups excluding carboxylic acids is 1. The zero-order valence-corrected chi connectivity index (χ0v) is 10.5. The van der Waals surface area contributed by atoms with Gasteiger partial charge in [0.05, 0.1) is 18.8 Å². The maximum Gasteiger partial charge on any atom is 0.323 e. The average Bonchev–Trinajstić information content (AvgIpc) is 2.28. The van der Waals surface area contributed by atoms with Crippen molar-refractivity contribution in [2.24, 2.45) is 0 Å². The molecule has 2 atom stereocenters. The second-order valence-electron chi connectivity index (χ2n) is 4.34. The molecule has 0 aromatic rings. The number of carboxylic acids is 1. The first kappa shape index (κ1) is 13.8. The van der Waals surface area contributed by atoms with Gasteiger partial charge in [-0.25, -0.2) is 4.79 Å². The topological polar surface area (TPSA) is 70.1 Å². The third-order valence-corrected chi connectivity index (χ3v) is 2.83. The molecule has 17 heavy (non-hydrogen) atoms. The highest BCUT2D eigenvalue weighted by Gasteiger charge is 2.30. The Bertz CT molecular complexity index is 295. The van der Waals surface area contributed by atoms with Crippen molar-refractivity contribution in [3.63, 3.8) is 0 Å². The molecule has 1 saturated heterocycles. The van der Waals surface area contributed by atoms with Crippen molar-refractivity contribution < 1.29 is 19.4 Å². The van der Waals surface area contributed by atoms with E-state index in [1.54, 1.807) is 11.8 Å². The number of morpholine rings is 1. The van der Waals surface area contributed by atoms with Gasteiger partial charge in [-0.15, -0.1) is 0 Å². The number of urea groups is 1. The van der Waals surface area contributed by atoms with Gasteiger partial charge >= 0.3 is 12.0 Å². The summed E-state index contributed by atoms with van der Waals surface area (Å²) in [7, 11) is 0. The monoisotopic (exact) mass is 244 g/mol.